The Morgan fingerprint density at radius 2 is 2.05 bits per heavy atom. The van der Waals surface area contributed by atoms with Gasteiger partial charge < -0.3 is 5.32 Å². The summed E-state index contributed by atoms with van der Waals surface area (Å²) in [6.07, 6.45) is 0. The Bertz CT molecular complexity index is 619. The first-order chi connectivity index (χ1) is 9.08. The molecule has 0 saturated carbocycles. The van der Waals surface area contributed by atoms with Crippen molar-refractivity contribution in [2.24, 2.45) is 0 Å². The molecule has 2 aromatic carbocycles. The Kier molecular flexibility index (Phi) is 4.41. The zero-order valence-electron chi connectivity index (χ0n) is 9.70. The number of hydrogen-bond acceptors (Lipinski definition) is 2. The molecule has 0 amide bonds. The lowest BCUT2D eigenvalue weighted by atomic mass is 10.1. The first-order valence-corrected chi connectivity index (χ1v) is 6.63. The number of nitriles is 1. The molecule has 0 fully saturated rings. The van der Waals surface area contributed by atoms with Crippen molar-refractivity contribution >= 4 is 33.2 Å². The van der Waals surface area contributed by atoms with E-state index in [9.17, 15) is 9.65 Å². The molecule has 0 aliphatic rings. The number of benzene rings is 2. The zero-order valence-corrected chi connectivity index (χ0v) is 12.0. The average Bonchev–Trinajstić information content (AvgIpc) is 2.34. The molecular formula is C14H9BrClFN2. The maximum atomic E-state index is 13.3. The van der Waals surface area contributed by atoms with Crippen molar-refractivity contribution in [1.29, 1.82) is 5.26 Å². The van der Waals surface area contributed by atoms with Crippen LogP contribution in [0, 0.1) is 17.1 Å². The van der Waals surface area contributed by atoms with Crippen LogP contribution in [0.3, 0.4) is 0 Å². The Balaban J connectivity index is 2.28. The largest absolute Gasteiger partial charge is 0.366 e. The lowest BCUT2D eigenvalue weighted by Gasteiger charge is -2.14. The number of nitrogens with zero attached hydrogens (tertiary/aromatic N) is 1. The maximum Gasteiger partial charge on any atom is 0.140 e. The van der Waals surface area contributed by atoms with Crippen molar-refractivity contribution in [1.82, 2.24) is 0 Å². The third-order valence-electron chi connectivity index (χ3n) is 2.48. The third-order valence-corrected chi connectivity index (χ3v) is 3.19. The summed E-state index contributed by atoms with van der Waals surface area (Å²) in [4.78, 5) is 0. The molecule has 1 unspecified atom stereocenters. The standard InChI is InChI=1S/C14H9BrClFN2/c15-10-2-1-3-13(6-10)19-14(8-18)9-4-11(16)7-12(17)5-9/h1-7,14,19H. The average molecular weight is 340 g/mol. The fraction of sp³-hybridized carbons (Fsp3) is 0.0714. The van der Waals surface area contributed by atoms with Gasteiger partial charge in [-0.05, 0) is 42.0 Å². The molecule has 0 aliphatic carbocycles. The summed E-state index contributed by atoms with van der Waals surface area (Å²) in [6, 6.07) is 12.9. The lowest BCUT2D eigenvalue weighted by molar-refractivity contribution is 0.625. The maximum absolute atomic E-state index is 13.3. The van der Waals surface area contributed by atoms with E-state index in [0.29, 0.717) is 5.56 Å². The van der Waals surface area contributed by atoms with Crippen LogP contribution < -0.4 is 5.32 Å². The first-order valence-electron chi connectivity index (χ1n) is 5.46. The fourth-order valence-electron chi connectivity index (χ4n) is 1.68. The van der Waals surface area contributed by atoms with E-state index in [0.717, 1.165) is 10.2 Å². The van der Waals surface area contributed by atoms with E-state index in [1.165, 1.54) is 12.1 Å². The van der Waals surface area contributed by atoms with Gasteiger partial charge >= 0.3 is 0 Å². The SMILES string of the molecule is N#CC(Nc1cccc(Br)c1)c1cc(F)cc(Cl)c1. The van der Waals surface area contributed by atoms with Crippen LogP contribution in [0.4, 0.5) is 10.1 Å². The van der Waals surface area contributed by atoms with Crippen LogP contribution in [0.5, 0.6) is 0 Å². The Hall–Kier alpha value is -1.57. The van der Waals surface area contributed by atoms with E-state index in [1.807, 2.05) is 24.3 Å². The summed E-state index contributed by atoms with van der Waals surface area (Å²) in [5.41, 5.74) is 1.26. The van der Waals surface area contributed by atoms with Crippen molar-refractivity contribution in [2.45, 2.75) is 6.04 Å². The molecule has 0 spiro atoms. The third kappa shape index (κ3) is 3.69. The van der Waals surface area contributed by atoms with E-state index in [-0.39, 0.29) is 5.02 Å². The minimum absolute atomic E-state index is 0.270. The molecule has 2 aromatic rings. The molecule has 0 radical (unpaired) electrons. The molecule has 2 nitrogen and oxygen atoms in total. The highest BCUT2D eigenvalue weighted by Gasteiger charge is 2.12. The van der Waals surface area contributed by atoms with Crippen molar-refractivity contribution in [3.05, 3.63) is 63.3 Å². The zero-order chi connectivity index (χ0) is 13.8. The molecule has 2 rings (SSSR count). The highest BCUT2D eigenvalue weighted by atomic mass is 79.9. The van der Waals surface area contributed by atoms with Crippen LogP contribution in [-0.2, 0) is 0 Å². The van der Waals surface area contributed by atoms with Gasteiger partial charge in [0.2, 0.25) is 0 Å². The smallest absolute Gasteiger partial charge is 0.140 e. The monoisotopic (exact) mass is 338 g/mol. The predicted octanol–water partition coefficient (Wildman–Crippen LogP) is 4.92. The van der Waals surface area contributed by atoms with Crippen LogP contribution in [0.15, 0.2) is 46.9 Å². The van der Waals surface area contributed by atoms with E-state index < -0.39 is 11.9 Å². The summed E-state index contributed by atoms with van der Waals surface area (Å²) in [6.45, 7) is 0. The summed E-state index contributed by atoms with van der Waals surface area (Å²) in [7, 11) is 0. The Morgan fingerprint density at radius 3 is 2.68 bits per heavy atom. The Labute approximate surface area is 123 Å². The van der Waals surface area contributed by atoms with Crippen LogP contribution in [0.2, 0.25) is 5.02 Å². The van der Waals surface area contributed by atoms with E-state index >= 15 is 0 Å². The van der Waals surface area contributed by atoms with Gasteiger partial charge in [0.1, 0.15) is 11.9 Å². The molecule has 0 aliphatic heterocycles. The van der Waals surface area contributed by atoms with Crippen LogP contribution in [-0.4, -0.2) is 0 Å². The highest BCUT2D eigenvalue weighted by molar-refractivity contribution is 9.10. The van der Waals surface area contributed by atoms with Gasteiger partial charge in [0.25, 0.3) is 0 Å². The van der Waals surface area contributed by atoms with Gasteiger partial charge in [0.05, 0.1) is 6.07 Å². The molecule has 0 aromatic heterocycles. The van der Waals surface area contributed by atoms with Crippen LogP contribution in [0.25, 0.3) is 0 Å². The summed E-state index contributed by atoms with van der Waals surface area (Å²) in [5, 5.41) is 12.5. The number of hydrogen-bond donors (Lipinski definition) is 1. The van der Waals surface area contributed by atoms with Gasteiger partial charge in [0.15, 0.2) is 0 Å². The second-order valence-electron chi connectivity index (χ2n) is 3.92. The van der Waals surface area contributed by atoms with E-state index in [2.05, 4.69) is 27.3 Å². The quantitative estimate of drug-likeness (QED) is 0.861. The molecule has 1 N–H and O–H groups in total. The number of rotatable bonds is 3. The minimum atomic E-state index is -0.664. The van der Waals surface area contributed by atoms with E-state index in [4.69, 9.17) is 11.6 Å². The Morgan fingerprint density at radius 1 is 1.26 bits per heavy atom. The molecule has 96 valence electrons. The van der Waals surface area contributed by atoms with Crippen LogP contribution in [0.1, 0.15) is 11.6 Å². The normalized spacial score (nSPS) is 11.7. The van der Waals surface area contributed by atoms with Gasteiger partial charge in [-0.1, -0.05) is 33.6 Å². The van der Waals surface area contributed by atoms with Crippen molar-refractivity contribution in [3.63, 3.8) is 0 Å². The lowest BCUT2D eigenvalue weighted by Crippen LogP contribution is -2.08. The number of halogens is 3. The van der Waals surface area contributed by atoms with Crippen LogP contribution >= 0.6 is 27.5 Å². The summed E-state index contributed by atoms with van der Waals surface area (Å²) in [5.74, 6) is -0.459. The van der Waals surface area contributed by atoms with Crippen molar-refractivity contribution < 1.29 is 4.39 Å². The van der Waals surface area contributed by atoms with E-state index in [1.54, 1.807) is 6.07 Å². The summed E-state index contributed by atoms with van der Waals surface area (Å²) < 4.78 is 14.2. The molecule has 19 heavy (non-hydrogen) atoms. The number of nitrogens with one attached hydrogen (secondary N) is 1. The topological polar surface area (TPSA) is 35.8 Å². The molecule has 0 saturated heterocycles. The molecule has 0 heterocycles. The van der Waals surface area contributed by atoms with Gasteiger partial charge in [-0.3, -0.25) is 0 Å². The molecular weight excluding hydrogens is 331 g/mol. The molecule has 5 heteroatoms. The van der Waals surface area contributed by atoms with Gasteiger partial charge in [-0.15, -0.1) is 0 Å². The second kappa shape index (κ2) is 6.05. The van der Waals surface area contributed by atoms with Gasteiger partial charge in [0, 0.05) is 15.2 Å². The minimum Gasteiger partial charge on any atom is -0.366 e. The molecule has 0 bridgehead atoms. The highest BCUT2D eigenvalue weighted by Crippen LogP contribution is 2.24. The summed E-state index contributed by atoms with van der Waals surface area (Å²) >= 11 is 9.14. The molecule has 1 atom stereocenters. The fourth-order valence-corrected chi connectivity index (χ4v) is 2.31. The van der Waals surface area contributed by atoms with Gasteiger partial charge in [-0.2, -0.15) is 5.26 Å². The predicted molar refractivity (Wildman–Crippen MR) is 77.5 cm³/mol. The second-order valence-corrected chi connectivity index (χ2v) is 5.27. The van der Waals surface area contributed by atoms with Crippen molar-refractivity contribution in [2.75, 3.05) is 5.32 Å². The van der Waals surface area contributed by atoms with Gasteiger partial charge in [-0.25, -0.2) is 4.39 Å². The number of anilines is 1. The first kappa shape index (κ1) is 13.9. The van der Waals surface area contributed by atoms with Crippen molar-refractivity contribution in [3.8, 4) is 6.07 Å².